The van der Waals surface area contributed by atoms with E-state index in [4.69, 9.17) is 0 Å². The van der Waals surface area contributed by atoms with E-state index >= 15 is 0 Å². The summed E-state index contributed by atoms with van der Waals surface area (Å²) in [6, 6.07) is 3.12. The lowest BCUT2D eigenvalue weighted by atomic mass is 10.1. The first-order valence-corrected chi connectivity index (χ1v) is 6.77. The maximum atomic E-state index is 4.47. The molecular formula is C11H19N3S. The fourth-order valence-corrected chi connectivity index (χ4v) is 3.15. The van der Waals surface area contributed by atoms with Crippen molar-refractivity contribution in [3.63, 3.8) is 0 Å². The predicted octanol–water partition coefficient (Wildman–Crippen LogP) is 2.23. The third-order valence-electron chi connectivity index (χ3n) is 3.06. The van der Waals surface area contributed by atoms with Gasteiger partial charge in [-0.1, -0.05) is 0 Å². The van der Waals surface area contributed by atoms with Gasteiger partial charge in [-0.15, -0.1) is 0 Å². The second-order valence-corrected chi connectivity index (χ2v) is 5.23. The minimum atomic E-state index is 0.388. The van der Waals surface area contributed by atoms with E-state index in [-0.39, 0.29) is 0 Å². The van der Waals surface area contributed by atoms with E-state index in [1.54, 1.807) is 0 Å². The molecule has 0 aliphatic carbocycles. The molecule has 0 amide bonds. The van der Waals surface area contributed by atoms with Gasteiger partial charge >= 0.3 is 0 Å². The van der Waals surface area contributed by atoms with E-state index in [2.05, 4.69) is 28.1 Å². The highest BCUT2D eigenvalue weighted by Crippen LogP contribution is 2.28. The summed E-state index contributed by atoms with van der Waals surface area (Å²) in [5, 5.41) is 7.75. The monoisotopic (exact) mass is 225 g/mol. The zero-order chi connectivity index (χ0) is 10.7. The Morgan fingerprint density at radius 1 is 1.67 bits per heavy atom. The van der Waals surface area contributed by atoms with Gasteiger partial charge < -0.3 is 5.32 Å². The van der Waals surface area contributed by atoms with Gasteiger partial charge in [-0.3, -0.25) is 4.68 Å². The highest BCUT2D eigenvalue weighted by molar-refractivity contribution is 7.99. The summed E-state index contributed by atoms with van der Waals surface area (Å²) in [7, 11) is 2.00. The molecule has 3 nitrogen and oxygen atoms in total. The quantitative estimate of drug-likeness (QED) is 0.855. The first-order valence-electron chi connectivity index (χ1n) is 5.61. The Balaban J connectivity index is 2.15. The normalized spacial score (nSPS) is 24.0. The van der Waals surface area contributed by atoms with Gasteiger partial charge in [-0.05, 0) is 38.6 Å². The Bertz CT molecular complexity index is 305. The summed E-state index contributed by atoms with van der Waals surface area (Å²) >= 11 is 2.05. The molecule has 1 aliphatic heterocycles. The maximum Gasteiger partial charge on any atom is 0.0613 e. The molecule has 1 fully saturated rings. The van der Waals surface area contributed by atoms with Gasteiger partial charge in [0.25, 0.3) is 0 Å². The molecule has 1 N–H and O–H groups in total. The summed E-state index contributed by atoms with van der Waals surface area (Å²) in [6.07, 6.45) is 4.52. The van der Waals surface area contributed by atoms with Crippen LogP contribution in [-0.2, 0) is 0 Å². The van der Waals surface area contributed by atoms with Gasteiger partial charge in [0.2, 0.25) is 0 Å². The first kappa shape index (κ1) is 11.0. The topological polar surface area (TPSA) is 29.9 Å². The van der Waals surface area contributed by atoms with Crippen molar-refractivity contribution in [2.45, 2.75) is 31.8 Å². The Kier molecular flexibility index (Phi) is 3.70. The average Bonchev–Trinajstić information content (AvgIpc) is 2.78. The van der Waals surface area contributed by atoms with E-state index in [0.29, 0.717) is 12.1 Å². The number of aromatic nitrogens is 2. The molecule has 0 spiro atoms. The Morgan fingerprint density at radius 3 is 3.20 bits per heavy atom. The fraction of sp³-hybridized carbons (Fsp3) is 0.727. The van der Waals surface area contributed by atoms with E-state index in [0.717, 1.165) is 0 Å². The van der Waals surface area contributed by atoms with Crippen molar-refractivity contribution < 1.29 is 0 Å². The predicted molar refractivity (Wildman–Crippen MR) is 65.3 cm³/mol. The number of hydrogen-bond acceptors (Lipinski definition) is 3. The third kappa shape index (κ3) is 2.37. The van der Waals surface area contributed by atoms with Crippen LogP contribution in [0.5, 0.6) is 0 Å². The van der Waals surface area contributed by atoms with Crippen molar-refractivity contribution >= 4 is 11.8 Å². The molecule has 0 aromatic carbocycles. The Hall–Kier alpha value is -0.480. The smallest absolute Gasteiger partial charge is 0.0613 e. The third-order valence-corrected chi connectivity index (χ3v) is 4.26. The van der Waals surface area contributed by atoms with E-state index in [1.807, 2.05) is 25.0 Å². The summed E-state index contributed by atoms with van der Waals surface area (Å²) < 4.78 is 2.22. The Morgan fingerprint density at radius 2 is 2.53 bits per heavy atom. The average molecular weight is 225 g/mol. The van der Waals surface area contributed by atoms with Gasteiger partial charge in [-0.25, -0.2) is 0 Å². The highest BCUT2D eigenvalue weighted by Gasteiger charge is 2.20. The van der Waals surface area contributed by atoms with Crippen molar-refractivity contribution in [3.05, 3.63) is 18.0 Å². The van der Waals surface area contributed by atoms with Crippen LogP contribution < -0.4 is 5.32 Å². The maximum absolute atomic E-state index is 4.47. The molecule has 2 heterocycles. The van der Waals surface area contributed by atoms with Crippen LogP contribution in [0, 0.1) is 0 Å². The van der Waals surface area contributed by atoms with Crippen molar-refractivity contribution in [2.24, 2.45) is 0 Å². The molecule has 1 saturated heterocycles. The van der Waals surface area contributed by atoms with Gasteiger partial charge in [0.1, 0.15) is 0 Å². The van der Waals surface area contributed by atoms with E-state index in [9.17, 15) is 0 Å². The molecule has 2 rings (SSSR count). The van der Waals surface area contributed by atoms with Crippen molar-refractivity contribution in [2.75, 3.05) is 18.6 Å². The van der Waals surface area contributed by atoms with Crippen LogP contribution in [0.2, 0.25) is 0 Å². The molecule has 15 heavy (non-hydrogen) atoms. The minimum absolute atomic E-state index is 0.388. The SMILES string of the molecule is CNC(C)c1ccnn1C1CCCSC1. The zero-order valence-electron chi connectivity index (χ0n) is 9.44. The van der Waals surface area contributed by atoms with E-state index < -0.39 is 0 Å². The second kappa shape index (κ2) is 5.03. The molecule has 1 aromatic heterocycles. The zero-order valence-corrected chi connectivity index (χ0v) is 10.3. The molecule has 2 unspecified atom stereocenters. The molecule has 4 heteroatoms. The van der Waals surface area contributed by atoms with E-state index in [1.165, 1.54) is 30.0 Å². The highest BCUT2D eigenvalue weighted by atomic mass is 32.2. The van der Waals surface area contributed by atoms with Crippen LogP contribution in [0.25, 0.3) is 0 Å². The first-order chi connectivity index (χ1) is 7.33. The molecule has 84 valence electrons. The minimum Gasteiger partial charge on any atom is -0.312 e. The van der Waals surface area contributed by atoms with Crippen LogP contribution >= 0.6 is 11.8 Å². The second-order valence-electron chi connectivity index (χ2n) is 4.08. The number of thioether (sulfide) groups is 1. The van der Waals surface area contributed by atoms with Gasteiger partial charge in [0.05, 0.1) is 11.7 Å². The standard InChI is InChI=1S/C11H19N3S/c1-9(12-2)11-5-6-13-14(11)10-4-3-7-15-8-10/h5-6,9-10,12H,3-4,7-8H2,1-2H3. The van der Waals surface area contributed by atoms with Crippen LogP contribution in [0.3, 0.4) is 0 Å². The van der Waals surface area contributed by atoms with Crippen LogP contribution in [-0.4, -0.2) is 28.3 Å². The summed E-state index contributed by atoms with van der Waals surface area (Å²) in [6.45, 7) is 2.18. The summed E-state index contributed by atoms with van der Waals surface area (Å²) in [4.78, 5) is 0. The molecule has 1 aromatic rings. The van der Waals surface area contributed by atoms with Crippen LogP contribution in [0.1, 0.15) is 37.5 Å². The lowest BCUT2D eigenvalue weighted by Gasteiger charge is -2.25. The molecule has 0 radical (unpaired) electrons. The largest absolute Gasteiger partial charge is 0.312 e. The number of hydrogen-bond donors (Lipinski definition) is 1. The van der Waals surface area contributed by atoms with Gasteiger partial charge in [0, 0.05) is 18.0 Å². The molecule has 1 aliphatic rings. The molecule has 0 bridgehead atoms. The summed E-state index contributed by atoms with van der Waals surface area (Å²) in [5.74, 6) is 2.53. The Labute approximate surface area is 95.6 Å². The number of nitrogens with zero attached hydrogens (tertiary/aromatic N) is 2. The van der Waals surface area contributed by atoms with Crippen LogP contribution in [0.15, 0.2) is 12.3 Å². The van der Waals surface area contributed by atoms with Gasteiger partial charge in [-0.2, -0.15) is 16.9 Å². The fourth-order valence-electron chi connectivity index (χ4n) is 2.04. The van der Waals surface area contributed by atoms with Gasteiger partial charge in [0.15, 0.2) is 0 Å². The lowest BCUT2D eigenvalue weighted by molar-refractivity contribution is 0.421. The molecular weight excluding hydrogens is 206 g/mol. The number of rotatable bonds is 3. The van der Waals surface area contributed by atoms with Crippen molar-refractivity contribution in [3.8, 4) is 0 Å². The number of nitrogens with one attached hydrogen (secondary N) is 1. The summed E-state index contributed by atoms with van der Waals surface area (Å²) in [5.41, 5.74) is 1.31. The van der Waals surface area contributed by atoms with Crippen LogP contribution in [0.4, 0.5) is 0 Å². The van der Waals surface area contributed by atoms with Crippen molar-refractivity contribution in [1.82, 2.24) is 15.1 Å². The lowest BCUT2D eigenvalue weighted by Crippen LogP contribution is -2.23. The molecule has 0 saturated carbocycles. The molecule has 2 atom stereocenters. The van der Waals surface area contributed by atoms with Crippen molar-refractivity contribution in [1.29, 1.82) is 0 Å².